The Labute approximate surface area is 154 Å². The Morgan fingerprint density at radius 2 is 1.73 bits per heavy atom. The van der Waals surface area contributed by atoms with Gasteiger partial charge in [0.1, 0.15) is 24.9 Å². The molecule has 2 aromatic rings. The molecule has 0 aliphatic carbocycles. The van der Waals surface area contributed by atoms with Crippen LogP contribution in [0, 0.1) is 0 Å². The molecular formula is C21H27N2O3+. The van der Waals surface area contributed by atoms with Crippen molar-refractivity contribution in [3.63, 3.8) is 0 Å². The van der Waals surface area contributed by atoms with Gasteiger partial charge in [0.2, 0.25) is 0 Å². The lowest BCUT2D eigenvalue weighted by molar-refractivity contribution is -0.940. The van der Waals surface area contributed by atoms with E-state index in [9.17, 15) is 4.79 Å². The fourth-order valence-corrected chi connectivity index (χ4v) is 3.60. The number of morpholine rings is 1. The Hall–Kier alpha value is -2.37. The molecule has 0 unspecified atom stereocenters. The summed E-state index contributed by atoms with van der Waals surface area (Å²) in [5.74, 6) is 0.684. The average molecular weight is 355 g/mol. The summed E-state index contributed by atoms with van der Waals surface area (Å²) in [6.07, 6.45) is 0. The first-order valence-electron chi connectivity index (χ1n) is 9.11. The zero-order valence-electron chi connectivity index (χ0n) is 15.4. The van der Waals surface area contributed by atoms with Crippen LogP contribution in [0.2, 0.25) is 0 Å². The molecule has 138 valence electrons. The number of amides is 1. The summed E-state index contributed by atoms with van der Waals surface area (Å²) in [5, 5.41) is 3.19. The van der Waals surface area contributed by atoms with Gasteiger partial charge < -0.3 is 19.7 Å². The highest BCUT2D eigenvalue weighted by Crippen LogP contribution is 2.16. The third-order valence-corrected chi connectivity index (χ3v) is 4.94. The second kappa shape index (κ2) is 8.83. The molecule has 1 aliphatic heterocycles. The fourth-order valence-electron chi connectivity index (χ4n) is 3.60. The highest BCUT2D eigenvalue weighted by molar-refractivity contribution is 5.94. The molecule has 0 spiro atoms. The van der Waals surface area contributed by atoms with E-state index in [4.69, 9.17) is 9.47 Å². The van der Waals surface area contributed by atoms with E-state index in [0.29, 0.717) is 5.56 Å². The van der Waals surface area contributed by atoms with Crippen LogP contribution in [0.25, 0.3) is 0 Å². The van der Waals surface area contributed by atoms with Gasteiger partial charge in [-0.1, -0.05) is 30.3 Å². The highest BCUT2D eigenvalue weighted by atomic mass is 16.5. The van der Waals surface area contributed by atoms with E-state index in [0.717, 1.165) is 32.1 Å². The lowest BCUT2D eigenvalue weighted by Gasteiger charge is -2.35. The number of methoxy groups -OCH3 is 1. The van der Waals surface area contributed by atoms with E-state index in [2.05, 4.69) is 36.5 Å². The summed E-state index contributed by atoms with van der Waals surface area (Å²) in [4.78, 5) is 14.1. The van der Waals surface area contributed by atoms with Gasteiger partial charge in [0.15, 0.2) is 0 Å². The second-order valence-electron chi connectivity index (χ2n) is 6.65. The van der Waals surface area contributed by atoms with Crippen molar-refractivity contribution >= 4 is 5.91 Å². The minimum absolute atomic E-state index is 0.0000941. The fraction of sp³-hybridized carbons (Fsp3) is 0.381. The smallest absolute Gasteiger partial charge is 0.251 e. The summed E-state index contributed by atoms with van der Waals surface area (Å²) < 4.78 is 10.7. The van der Waals surface area contributed by atoms with Crippen molar-refractivity contribution in [3.8, 4) is 5.75 Å². The van der Waals surface area contributed by atoms with Gasteiger partial charge in [-0.3, -0.25) is 4.79 Å². The molecule has 2 N–H and O–H groups in total. The van der Waals surface area contributed by atoms with Crippen molar-refractivity contribution in [2.75, 3.05) is 33.4 Å². The molecule has 0 saturated carbocycles. The third kappa shape index (κ3) is 4.42. The molecule has 1 saturated heterocycles. The molecule has 0 bridgehead atoms. The minimum atomic E-state index is -0.0613. The Bertz CT molecular complexity index is 697. The van der Waals surface area contributed by atoms with Crippen LogP contribution in [-0.4, -0.2) is 45.4 Å². The zero-order valence-corrected chi connectivity index (χ0v) is 15.4. The molecule has 5 heteroatoms. The van der Waals surface area contributed by atoms with Crippen LogP contribution in [0.15, 0.2) is 54.6 Å². The van der Waals surface area contributed by atoms with Gasteiger partial charge in [0.05, 0.1) is 26.4 Å². The number of carbonyl (C=O) groups is 1. The van der Waals surface area contributed by atoms with Crippen molar-refractivity contribution in [1.29, 1.82) is 0 Å². The number of ether oxygens (including phenoxy) is 2. The minimum Gasteiger partial charge on any atom is -0.497 e. The lowest BCUT2D eigenvalue weighted by atomic mass is 9.97. The number of carbonyl (C=O) groups excluding carboxylic acids is 1. The Balaban J connectivity index is 1.75. The van der Waals surface area contributed by atoms with Crippen LogP contribution in [0.5, 0.6) is 5.75 Å². The summed E-state index contributed by atoms with van der Waals surface area (Å²) in [5.41, 5.74) is 1.88. The maximum absolute atomic E-state index is 12.7. The largest absolute Gasteiger partial charge is 0.497 e. The van der Waals surface area contributed by atoms with E-state index in [1.165, 1.54) is 10.5 Å². The molecule has 2 atom stereocenters. The topological polar surface area (TPSA) is 52.0 Å². The number of benzene rings is 2. The molecule has 0 radical (unpaired) electrons. The van der Waals surface area contributed by atoms with E-state index in [1.807, 2.05) is 18.2 Å². The van der Waals surface area contributed by atoms with E-state index in [1.54, 1.807) is 19.2 Å². The average Bonchev–Trinajstić information content (AvgIpc) is 2.70. The third-order valence-electron chi connectivity index (χ3n) is 4.94. The standard InChI is InChI=1S/C21H26N2O3/c1-16(22-21(24)18-8-10-19(25-2)11-9-18)20(17-6-4-3-5-7-17)23-12-14-26-15-13-23/h3-11,16,20H,12-15H2,1-2H3,(H,22,24)/p+1/t16-,20+/m0/s1. The first-order chi connectivity index (χ1) is 12.7. The highest BCUT2D eigenvalue weighted by Gasteiger charge is 2.32. The number of quaternary nitrogens is 1. The summed E-state index contributed by atoms with van der Waals surface area (Å²) >= 11 is 0. The maximum atomic E-state index is 12.7. The van der Waals surface area contributed by atoms with Crippen LogP contribution in [0.3, 0.4) is 0 Å². The maximum Gasteiger partial charge on any atom is 0.251 e. The van der Waals surface area contributed by atoms with Crippen molar-refractivity contribution < 1.29 is 19.2 Å². The van der Waals surface area contributed by atoms with Gasteiger partial charge in [-0.2, -0.15) is 0 Å². The van der Waals surface area contributed by atoms with Gasteiger partial charge in [-0.05, 0) is 31.2 Å². The summed E-state index contributed by atoms with van der Waals surface area (Å²) in [6, 6.07) is 17.8. The molecule has 1 heterocycles. The molecular weight excluding hydrogens is 328 g/mol. The van der Waals surface area contributed by atoms with Crippen molar-refractivity contribution in [1.82, 2.24) is 5.32 Å². The van der Waals surface area contributed by atoms with Crippen molar-refractivity contribution in [2.24, 2.45) is 0 Å². The summed E-state index contributed by atoms with van der Waals surface area (Å²) in [7, 11) is 1.62. The molecule has 5 nitrogen and oxygen atoms in total. The molecule has 2 aromatic carbocycles. The molecule has 1 fully saturated rings. The Morgan fingerprint density at radius 3 is 2.35 bits per heavy atom. The quantitative estimate of drug-likeness (QED) is 0.825. The van der Waals surface area contributed by atoms with Crippen molar-refractivity contribution in [2.45, 2.75) is 19.0 Å². The number of hydrogen-bond donors (Lipinski definition) is 2. The van der Waals surface area contributed by atoms with E-state index < -0.39 is 0 Å². The Morgan fingerprint density at radius 1 is 1.08 bits per heavy atom. The van der Waals surface area contributed by atoms with Crippen LogP contribution < -0.4 is 15.0 Å². The van der Waals surface area contributed by atoms with Crippen LogP contribution in [-0.2, 0) is 4.74 Å². The summed E-state index contributed by atoms with van der Waals surface area (Å²) in [6.45, 7) is 5.50. The number of nitrogens with one attached hydrogen (secondary N) is 2. The number of hydrogen-bond acceptors (Lipinski definition) is 3. The molecule has 26 heavy (non-hydrogen) atoms. The van der Waals surface area contributed by atoms with Crippen LogP contribution in [0.4, 0.5) is 0 Å². The first-order valence-corrected chi connectivity index (χ1v) is 9.11. The van der Waals surface area contributed by atoms with E-state index >= 15 is 0 Å². The van der Waals surface area contributed by atoms with Gasteiger partial charge in [0, 0.05) is 11.1 Å². The van der Waals surface area contributed by atoms with Crippen LogP contribution in [0.1, 0.15) is 28.9 Å². The Kier molecular flexibility index (Phi) is 6.26. The predicted molar refractivity (Wildman–Crippen MR) is 101 cm³/mol. The van der Waals surface area contributed by atoms with Gasteiger partial charge >= 0.3 is 0 Å². The molecule has 1 aliphatic rings. The van der Waals surface area contributed by atoms with Gasteiger partial charge in [-0.25, -0.2) is 0 Å². The molecule has 3 rings (SSSR count). The normalized spacial score (nSPS) is 17.3. The van der Waals surface area contributed by atoms with Gasteiger partial charge in [-0.15, -0.1) is 0 Å². The lowest BCUT2D eigenvalue weighted by Crippen LogP contribution is -3.15. The first kappa shape index (κ1) is 18.4. The predicted octanol–water partition coefficient (Wildman–Crippen LogP) is 1.47. The van der Waals surface area contributed by atoms with Crippen LogP contribution >= 0.6 is 0 Å². The zero-order chi connectivity index (χ0) is 18.4. The monoisotopic (exact) mass is 355 g/mol. The molecule has 1 amide bonds. The second-order valence-corrected chi connectivity index (χ2v) is 6.65. The van der Waals surface area contributed by atoms with Crippen molar-refractivity contribution in [3.05, 3.63) is 65.7 Å². The van der Waals surface area contributed by atoms with E-state index in [-0.39, 0.29) is 18.0 Å². The number of rotatable bonds is 6. The molecule has 0 aromatic heterocycles. The van der Waals surface area contributed by atoms with Gasteiger partial charge in [0.25, 0.3) is 5.91 Å². The SMILES string of the molecule is COc1ccc(C(=O)N[C@@H](C)[C@H](c2ccccc2)[NH+]2CCOCC2)cc1.